The summed E-state index contributed by atoms with van der Waals surface area (Å²) in [6.45, 7) is 6.39. The van der Waals surface area contributed by atoms with Crippen LogP contribution in [0, 0.1) is 5.92 Å². The van der Waals surface area contributed by atoms with E-state index in [-0.39, 0.29) is 17.9 Å². The van der Waals surface area contributed by atoms with Gasteiger partial charge in [0, 0.05) is 37.2 Å². The number of hydrogen-bond donors (Lipinski definition) is 1. The van der Waals surface area contributed by atoms with Crippen LogP contribution in [0.5, 0.6) is 0 Å². The summed E-state index contributed by atoms with van der Waals surface area (Å²) in [4.78, 5) is 31.4. The summed E-state index contributed by atoms with van der Waals surface area (Å²) in [5, 5.41) is 4.73. The van der Waals surface area contributed by atoms with E-state index in [1.54, 1.807) is 4.90 Å². The Morgan fingerprint density at radius 3 is 2.68 bits per heavy atom. The predicted molar refractivity (Wildman–Crippen MR) is 136 cm³/mol. The van der Waals surface area contributed by atoms with Crippen molar-refractivity contribution in [3.05, 3.63) is 48.7 Å². The largest absolute Gasteiger partial charge is 0.444 e. The third-order valence-corrected chi connectivity index (χ3v) is 7.00. The predicted octanol–water partition coefficient (Wildman–Crippen LogP) is 5.65. The number of carbonyl (C=O) groups excluding carboxylic acids is 2. The molecule has 5 rings (SSSR count). The maximum absolute atomic E-state index is 12.8. The van der Waals surface area contributed by atoms with Gasteiger partial charge in [-0.15, -0.1) is 0 Å². The summed E-state index contributed by atoms with van der Waals surface area (Å²) in [5.41, 5.74) is 3.72. The first-order chi connectivity index (χ1) is 16.2. The summed E-state index contributed by atoms with van der Waals surface area (Å²) in [7, 11) is 2.04. The fourth-order valence-electron chi connectivity index (χ4n) is 4.30. The molecule has 0 saturated carbocycles. The number of aryl methyl sites for hydroxylation is 1. The summed E-state index contributed by atoms with van der Waals surface area (Å²) in [5.74, 6) is -0.382. The lowest BCUT2D eigenvalue weighted by Gasteiger charge is -2.24. The number of likely N-dealkylation sites (tertiary alicyclic amines) is 1. The SMILES string of the molecule is Cn1ccc2cc(-c3ccc4sc(NC(=O)[C@H]5CCN(C(=O)OC(C)(C)C)C5)nc4c3)ccc21. The summed E-state index contributed by atoms with van der Waals surface area (Å²) in [6.07, 6.45) is 2.30. The van der Waals surface area contributed by atoms with E-state index >= 15 is 0 Å². The molecule has 1 atom stereocenters. The molecule has 8 heteroatoms. The number of fused-ring (bicyclic) bond motifs is 2. The van der Waals surface area contributed by atoms with Gasteiger partial charge in [-0.05, 0) is 68.7 Å². The molecule has 0 bridgehead atoms. The second-order valence-electron chi connectivity index (χ2n) is 9.80. The molecule has 3 heterocycles. The van der Waals surface area contributed by atoms with Gasteiger partial charge in [-0.2, -0.15) is 0 Å². The van der Waals surface area contributed by atoms with E-state index in [0.717, 1.165) is 21.3 Å². The summed E-state index contributed by atoms with van der Waals surface area (Å²) in [6, 6.07) is 14.7. The normalized spacial score (nSPS) is 16.4. The lowest BCUT2D eigenvalue weighted by molar-refractivity contribution is -0.119. The zero-order chi connectivity index (χ0) is 24.0. The van der Waals surface area contributed by atoms with E-state index < -0.39 is 5.60 Å². The van der Waals surface area contributed by atoms with Crippen LogP contribution in [0.3, 0.4) is 0 Å². The van der Waals surface area contributed by atoms with Crippen LogP contribution >= 0.6 is 11.3 Å². The molecular formula is C26H28N4O3S. The van der Waals surface area contributed by atoms with Crippen molar-refractivity contribution < 1.29 is 14.3 Å². The Morgan fingerprint density at radius 2 is 1.88 bits per heavy atom. The molecule has 7 nitrogen and oxygen atoms in total. The Morgan fingerprint density at radius 1 is 1.12 bits per heavy atom. The van der Waals surface area contributed by atoms with Crippen LogP contribution in [0.4, 0.5) is 9.93 Å². The van der Waals surface area contributed by atoms with E-state index in [1.807, 2.05) is 33.9 Å². The number of anilines is 1. The van der Waals surface area contributed by atoms with Gasteiger partial charge in [0.15, 0.2) is 5.13 Å². The second-order valence-corrected chi connectivity index (χ2v) is 10.8. The van der Waals surface area contributed by atoms with Crippen molar-refractivity contribution in [3.8, 4) is 11.1 Å². The minimum Gasteiger partial charge on any atom is -0.444 e. The van der Waals surface area contributed by atoms with E-state index in [1.165, 1.54) is 22.2 Å². The minimum atomic E-state index is -0.551. The van der Waals surface area contributed by atoms with Crippen molar-refractivity contribution in [2.24, 2.45) is 13.0 Å². The fraction of sp³-hybridized carbons (Fsp3) is 0.346. The van der Waals surface area contributed by atoms with E-state index in [9.17, 15) is 9.59 Å². The molecule has 0 spiro atoms. The highest BCUT2D eigenvalue weighted by Gasteiger charge is 2.33. The lowest BCUT2D eigenvalue weighted by atomic mass is 10.0. The van der Waals surface area contributed by atoms with Crippen molar-refractivity contribution in [1.29, 1.82) is 0 Å². The maximum Gasteiger partial charge on any atom is 0.410 e. The molecule has 176 valence electrons. The first kappa shape index (κ1) is 22.4. The topological polar surface area (TPSA) is 76.5 Å². The average molecular weight is 477 g/mol. The van der Waals surface area contributed by atoms with Gasteiger partial charge in [0.25, 0.3) is 0 Å². The van der Waals surface area contributed by atoms with Crippen LogP contribution in [0.15, 0.2) is 48.7 Å². The lowest BCUT2D eigenvalue weighted by Crippen LogP contribution is -2.36. The molecular weight excluding hydrogens is 448 g/mol. The number of rotatable bonds is 3. The van der Waals surface area contributed by atoms with Gasteiger partial charge < -0.3 is 19.5 Å². The molecule has 1 saturated heterocycles. The van der Waals surface area contributed by atoms with Gasteiger partial charge in [-0.1, -0.05) is 23.5 Å². The van der Waals surface area contributed by atoms with Crippen LogP contribution in [0.2, 0.25) is 0 Å². The van der Waals surface area contributed by atoms with Crippen molar-refractivity contribution >= 4 is 49.6 Å². The molecule has 1 aliphatic heterocycles. The summed E-state index contributed by atoms with van der Waals surface area (Å²) >= 11 is 1.46. The Labute approximate surface area is 202 Å². The smallest absolute Gasteiger partial charge is 0.410 e. The number of ether oxygens (including phenoxy) is 1. The van der Waals surface area contributed by atoms with Gasteiger partial charge in [0.2, 0.25) is 5.91 Å². The zero-order valence-corrected chi connectivity index (χ0v) is 20.6. The first-order valence-corrected chi connectivity index (χ1v) is 12.2. The molecule has 2 aromatic heterocycles. The Kier molecular flexibility index (Phi) is 5.56. The molecule has 34 heavy (non-hydrogen) atoms. The fourth-order valence-corrected chi connectivity index (χ4v) is 5.14. The molecule has 0 aliphatic carbocycles. The minimum absolute atomic E-state index is 0.111. The molecule has 1 aliphatic rings. The van der Waals surface area contributed by atoms with Crippen LogP contribution in [-0.4, -0.2) is 45.1 Å². The Hall–Kier alpha value is -3.39. The van der Waals surface area contributed by atoms with E-state index in [2.05, 4.69) is 57.5 Å². The standard InChI is InChI=1S/C26H28N4O3S/c1-26(2,3)33-25(32)30-12-10-19(15-30)23(31)28-24-27-20-14-17(6-8-22(20)34-24)16-5-7-21-18(13-16)9-11-29(21)4/h5-9,11,13-14,19H,10,12,15H2,1-4H3,(H,27,28,31)/t19-/m0/s1. The number of nitrogens with one attached hydrogen (secondary N) is 1. The molecule has 1 N–H and O–H groups in total. The Bertz CT molecular complexity index is 1400. The molecule has 4 aromatic rings. The van der Waals surface area contributed by atoms with Crippen LogP contribution in [-0.2, 0) is 16.6 Å². The third kappa shape index (κ3) is 4.50. The molecule has 1 fully saturated rings. The first-order valence-electron chi connectivity index (χ1n) is 11.4. The van der Waals surface area contributed by atoms with Gasteiger partial charge in [-0.25, -0.2) is 9.78 Å². The molecule has 0 unspecified atom stereocenters. The highest BCUT2D eigenvalue weighted by Crippen LogP contribution is 2.32. The quantitative estimate of drug-likeness (QED) is 0.415. The molecule has 2 aromatic carbocycles. The molecule has 2 amide bonds. The average Bonchev–Trinajstić information content (AvgIpc) is 3.50. The number of nitrogens with zero attached hydrogens (tertiary/aromatic N) is 3. The van der Waals surface area contributed by atoms with Crippen molar-refractivity contribution in [2.75, 3.05) is 18.4 Å². The van der Waals surface area contributed by atoms with Gasteiger partial charge in [0.1, 0.15) is 5.60 Å². The van der Waals surface area contributed by atoms with Crippen molar-refractivity contribution in [3.63, 3.8) is 0 Å². The monoisotopic (exact) mass is 476 g/mol. The number of thiazole rings is 1. The number of carbonyl (C=O) groups is 2. The van der Waals surface area contributed by atoms with Crippen LogP contribution < -0.4 is 5.32 Å². The highest BCUT2D eigenvalue weighted by molar-refractivity contribution is 7.22. The second kappa shape index (κ2) is 8.43. The van der Waals surface area contributed by atoms with E-state index in [4.69, 9.17) is 4.74 Å². The van der Waals surface area contributed by atoms with Gasteiger partial charge in [-0.3, -0.25) is 4.79 Å². The maximum atomic E-state index is 12.8. The third-order valence-electron chi connectivity index (χ3n) is 6.05. The number of aromatic nitrogens is 2. The van der Waals surface area contributed by atoms with Crippen molar-refractivity contribution in [2.45, 2.75) is 32.8 Å². The van der Waals surface area contributed by atoms with E-state index in [0.29, 0.717) is 24.6 Å². The number of amides is 2. The van der Waals surface area contributed by atoms with Crippen LogP contribution in [0.25, 0.3) is 32.2 Å². The van der Waals surface area contributed by atoms with Crippen molar-refractivity contribution in [1.82, 2.24) is 14.5 Å². The van der Waals surface area contributed by atoms with Crippen LogP contribution in [0.1, 0.15) is 27.2 Å². The van der Waals surface area contributed by atoms with Gasteiger partial charge >= 0.3 is 6.09 Å². The van der Waals surface area contributed by atoms with Gasteiger partial charge in [0.05, 0.1) is 16.1 Å². The number of hydrogen-bond acceptors (Lipinski definition) is 5. The zero-order valence-electron chi connectivity index (χ0n) is 19.8. The number of benzene rings is 2. The highest BCUT2D eigenvalue weighted by atomic mass is 32.1. The summed E-state index contributed by atoms with van der Waals surface area (Å²) < 4.78 is 8.55. The molecule has 0 radical (unpaired) electrons. The Balaban J connectivity index is 1.28.